The van der Waals surface area contributed by atoms with Crippen molar-refractivity contribution in [2.45, 2.75) is 19.3 Å². The molecule has 0 saturated heterocycles. The lowest BCUT2D eigenvalue weighted by molar-refractivity contribution is -0.119. The van der Waals surface area contributed by atoms with Crippen LogP contribution in [0.5, 0.6) is 0 Å². The summed E-state index contributed by atoms with van der Waals surface area (Å²) >= 11 is 4.64. The molecule has 26 heavy (non-hydrogen) atoms. The highest BCUT2D eigenvalue weighted by Crippen LogP contribution is 2.39. The van der Waals surface area contributed by atoms with E-state index in [1.54, 1.807) is 24.3 Å². The van der Waals surface area contributed by atoms with Gasteiger partial charge < -0.3 is 14.8 Å². The van der Waals surface area contributed by atoms with Crippen LogP contribution in [0.15, 0.2) is 28.7 Å². The minimum Gasteiger partial charge on any atom is -0.465 e. The molecule has 1 heterocycles. The molecule has 8 heteroatoms. The molecule has 136 valence electrons. The number of hydrogen-bond acceptors (Lipinski definition) is 6. The summed E-state index contributed by atoms with van der Waals surface area (Å²) in [6.45, 7) is -0.441. The number of carbonyl (C=O) groups excluding carboxylic acids is 3. The Kier molecular flexibility index (Phi) is 5.73. The molecule has 0 radical (unpaired) electrons. The number of halogens is 1. The van der Waals surface area contributed by atoms with E-state index < -0.39 is 24.5 Å². The van der Waals surface area contributed by atoms with E-state index in [1.165, 1.54) is 18.4 Å². The van der Waals surface area contributed by atoms with Crippen LogP contribution in [0, 0.1) is 0 Å². The number of thiophene rings is 1. The molecule has 1 aromatic carbocycles. The lowest BCUT2D eigenvalue weighted by atomic mass is 10.1. The second-order valence-electron chi connectivity index (χ2n) is 5.66. The Hall–Kier alpha value is -2.19. The minimum atomic E-state index is -0.602. The van der Waals surface area contributed by atoms with Gasteiger partial charge in [-0.2, -0.15) is 0 Å². The summed E-state index contributed by atoms with van der Waals surface area (Å²) in [5, 5.41) is 3.11. The lowest BCUT2D eigenvalue weighted by Crippen LogP contribution is -2.22. The van der Waals surface area contributed by atoms with Crippen LogP contribution in [0.2, 0.25) is 0 Å². The van der Waals surface area contributed by atoms with Crippen molar-refractivity contribution in [2.24, 2.45) is 0 Å². The molecule has 0 atom stereocenters. The predicted octanol–water partition coefficient (Wildman–Crippen LogP) is 3.58. The van der Waals surface area contributed by atoms with Crippen molar-refractivity contribution in [1.82, 2.24) is 0 Å². The van der Waals surface area contributed by atoms with Crippen molar-refractivity contribution in [2.75, 3.05) is 19.0 Å². The molecule has 0 spiro atoms. The molecule has 1 aliphatic carbocycles. The summed E-state index contributed by atoms with van der Waals surface area (Å²) in [5.74, 6) is -1.57. The highest BCUT2D eigenvalue weighted by atomic mass is 79.9. The molecule has 0 aliphatic heterocycles. The van der Waals surface area contributed by atoms with E-state index in [0.29, 0.717) is 20.6 Å². The highest BCUT2D eigenvalue weighted by molar-refractivity contribution is 9.10. The van der Waals surface area contributed by atoms with Gasteiger partial charge >= 0.3 is 11.9 Å². The molecule has 1 amide bonds. The normalized spacial score (nSPS) is 12.4. The topological polar surface area (TPSA) is 81.7 Å². The van der Waals surface area contributed by atoms with E-state index in [0.717, 1.165) is 29.7 Å². The first-order chi connectivity index (χ1) is 12.5. The van der Waals surface area contributed by atoms with Crippen LogP contribution in [0.4, 0.5) is 5.00 Å². The van der Waals surface area contributed by atoms with Gasteiger partial charge in [-0.05, 0) is 52.9 Å². The maximum Gasteiger partial charge on any atom is 0.341 e. The van der Waals surface area contributed by atoms with Crippen LogP contribution in [-0.4, -0.2) is 31.6 Å². The average Bonchev–Trinajstić information content (AvgIpc) is 3.20. The van der Waals surface area contributed by atoms with Crippen LogP contribution in [0.1, 0.15) is 37.6 Å². The molecular weight excluding hydrogens is 422 g/mol. The molecular formula is C18H16BrNO5S. The molecule has 0 bridgehead atoms. The summed E-state index contributed by atoms with van der Waals surface area (Å²) in [6.07, 6.45) is 2.67. The van der Waals surface area contributed by atoms with Crippen molar-refractivity contribution < 1.29 is 23.9 Å². The first kappa shape index (κ1) is 18.6. The van der Waals surface area contributed by atoms with E-state index in [2.05, 4.69) is 21.2 Å². The Balaban J connectivity index is 1.67. The zero-order chi connectivity index (χ0) is 18.7. The van der Waals surface area contributed by atoms with Crippen LogP contribution in [0.25, 0.3) is 0 Å². The van der Waals surface area contributed by atoms with E-state index in [4.69, 9.17) is 9.47 Å². The maximum atomic E-state index is 12.2. The van der Waals surface area contributed by atoms with Crippen molar-refractivity contribution in [3.05, 3.63) is 50.3 Å². The monoisotopic (exact) mass is 437 g/mol. The molecule has 2 aromatic rings. The van der Waals surface area contributed by atoms with Crippen molar-refractivity contribution >= 4 is 50.1 Å². The summed E-state index contributed by atoms with van der Waals surface area (Å²) in [4.78, 5) is 37.4. The fourth-order valence-corrected chi connectivity index (χ4v) is 4.55. The van der Waals surface area contributed by atoms with E-state index in [1.807, 2.05) is 0 Å². The maximum absolute atomic E-state index is 12.2. The van der Waals surface area contributed by atoms with Gasteiger partial charge in [0, 0.05) is 9.35 Å². The molecule has 1 aliphatic rings. The number of ether oxygens (including phenoxy) is 2. The van der Waals surface area contributed by atoms with Gasteiger partial charge in [0.05, 0.1) is 18.2 Å². The van der Waals surface area contributed by atoms with Gasteiger partial charge in [0.1, 0.15) is 5.00 Å². The third kappa shape index (κ3) is 3.81. The number of carbonyl (C=O) groups is 3. The third-order valence-corrected chi connectivity index (χ3v) is 5.89. The van der Waals surface area contributed by atoms with E-state index >= 15 is 0 Å². The molecule has 6 nitrogen and oxygen atoms in total. The summed E-state index contributed by atoms with van der Waals surface area (Å²) in [7, 11) is 1.31. The standard InChI is InChI=1S/C18H16BrNO5S/c1-24-18(23)15-11-6-4-8-13(11)26-16(15)20-14(21)9-25-17(22)10-5-2-3-7-12(10)19/h2-3,5,7H,4,6,8-9H2,1H3,(H,20,21). The van der Waals surface area contributed by atoms with Gasteiger partial charge in [-0.1, -0.05) is 12.1 Å². The summed E-state index contributed by atoms with van der Waals surface area (Å²) < 4.78 is 10.5. The lowest BCUT2D eigenvalue weighted by Gasteiger charge is -2.08. The minimum absolute atomic E-state index is 0.339. The second kappa shape index (κ2) is 8.01. The van der Waals surface area contributed by atoms with Crippen LogP contribution in [-0.2, 0) is 27.1 Å². The van der Waals surface area contributed by atoms with E-state index in [-0.39, 0.29) is 0 Å². The Labute approximate surface area is 162 Å². The number of nitrogens with one attached hydrogen (secondary N) is 1. The average molecular weight is 438 g/mol. The van der Waals surface area contributed by atoms with Gasteiger partial charge in [-0.25, -0.2) is 9.59 Å². The Morgan fingerprint density at radius 3 is 2.69 bits per heavy atom. The number of amides is 1. The second-order valence-corrected chi connectivity index (χ2v) is 7.62. The predicted molar refractivity (Wildman–Crippen MR) is 101 cm³/mol. The largest absolute Gasteiger partial charge is 0.465 e. The summed E-state index contributed by atoms with van der Waals surface area (Å²) in [5.41, 5.74) is 1.70. The number of esters is 2. The fraction of sp³-hybridized carbons (Fsp3) is 0.278. The number of rotatable bonds is 5. The van der Waals surface area contributed by atoms with Crippen molar-refractivity contribution in [1.29, 1.82) is 0 Å². The molecule has 3 rings (SSSR count). The zero-order valence-corrected chi connectivity index (χ0v) is 16.4. The summed E-state index contributed by atoms with van der Waals surface area (Å²) in [6, 6.07) is 6.80. The number of hydrogen-bond donors (Lipinski definition) is 1. The van der Waals surface area contributed by atoms with Crippen LogP contribution >= 0.6 is 27.3 Å². The van der Waals surface area contributed by atoms with Gasteiger partial charge in [-0.3, -0.25) is 4.79 Å². The Morgan fingerprint density at radius 1 is 1.19 bits per heavy atom. The third-order valence-electron chi connectivity index (χ3n) is 3.99. The SMILES string of the molecule is COC(=O)c1c(NC(=O)COC(=O)c2ccccc2Br)sc2c1CCC2. The number of anilines is 1. The number of aryl methyl sites for hydroxylation is 1. The molecule has 0 saturated carbocycles. The number of fused-ring (bicyclic) bond motifs is 1. The molecule has 0 unspecified atom stereocenters. The smallest absolute Gasteiger partial charge is 0.341 e. The zero-order valence-electron chi connectivity index (χ0n) is 14.0. The van der Waals surface area contributed by atoms with E-state index in [9.17, 15) is 14.4 Å². The van der Waals surface area contributed by atoms with Crippen LogP contribution in [0.3, 0.4) is 0 Å². The van der Waals surface area contributed by atoms with Gasteiger partial charge in [0.15, 0.2) is 6.61 Å². The van der Waals surface area contributed by atoms with Crippen molar-refractivity contribution in [3.63, 3.8) is 0 Å². The molecule has 1 aromatic heterocycles. The molecule has 0 fully saturated rings. The van der Waals surface area contributed by atoms with Crippen molar-refractivity contribution in [3.8, 4) is 0 Å². The van der Waals surface area contributed by atoms with Gasteiger partial charge in [-0.15, -0.1) is 11.3 Å². The van der Waals surface area contributed by atoms with Gasteiger partial charge in [0.25, 0.3) is 5.91 Å². The Morgan fingerprint density at radius 2 is 1.96 bits per heavy atom. The Bertz CT molecular complexity index is 876. The first-order valence-electron chi connectivity index (χ1n) is 7.95. The number of benzene rings is 1. The quantitative estimate of drug-likeness (QED) is 0.722. The molecule has 1 N–H and O–H groups in total. The van der Waals surface area contributed by atoms with Gasteiger partial charge in [0.2, 0.25) is 0 Å². The first-order valence-corrected chi connectivity index (χ1v) is 9.56. The van der Waals surface area contributed by atoms with Crippen LogP contribution < -0.4 is 5.32 Å². The number of methoxy groups -OCH3 is 1. The fourth-order valence-electron chi connectivity index (χ4n) is 2.81. The highest BCUT2D eigenvalue weighted by Gasteiger charge is 2.28.